The Balaban J connectivity index is 2.53. The molecule has 0 aliphatic rings. The molecule has 19 heavy (non-hydrogen) atoms. The Morgan fingerprint density at radius 2 is 1.95 bits per heavy atom. The summed E-state index contributed by atoms with van der Waals surface area (Å²) in [5, 5.41) is 2.41. The van der Waals surface area contributed by atoms with E-state index in [0.717, 1.165) is 12.3 Å². The topological polar surface area (TPSA) is 51.2 Å². The van der Waals surface area contributed by atoms with Crippen molar-refractivity contribution in [2.75, 3.05) is 0 Å². The van der Waals surface area contributed by atoms with Gasteiger partial charge >= 0.3 is 12.3 Å². The molecule has 0 aliphatic carbocycles. The van der Waals surface area contributed by atoms with Crippen LogP contribution in [0.15, 0.2) is 18.3 Å². The number of carbonyl (C=O) groups is 1. The quantitative estimate of drug-likeness (QED) is 0.902. The fourth-order valence-electron chi connectivity index (χ4n) is 1.17. The summed E-state index contributed by atoms with van der Waals surface area (Å²) in [6, 6.07) is 2.12. The van der Waals surface area contributed by atoms with Crippen LogP contribution in [0.5, 0.6) is 0 Å². The van der Waals surface area contributed by atoms with E-state index in [2.05, 4.69) is 10.3 Å². The molecule has 0 bridgehead atoms. The van der Waals surface area contributed by atoms with Crippen LogP contribution in [0.3, 0.4) is 0 Å². The molecular weight excluding hydrogens is 261 g/mol. The van der Waals surface area contributed by atoms with Gasteiger partial charge in [0.25, 0.3) is 0 Å². The zero-order valence-electron chi connectivity index (χ0n) is 10.8. The Morgan fingerprint density at radius 3 is 2.37 bits per heavy atom. The number of nitrogens with one attached hydrogen (secondary N) is 1. The van der Waals surface area contributed by atoms with Crippen LogP contribution in [0.25, 0.3) is 0 Å². The van der Waals surface area contributed by atoms with Crippen LogP contribution in [0, 0.1) is 0 Å². The van der Waals surface area contributed by atoms with Crippen molar-refractivity contribution < 1.29 is 22.7 Å². The maximum Gasteiger partial charge on any atom is 0.417 e. The summed E-state index contributed by atoms with van der Waals surface area (Å²) in [5.41, 5.74) is -1.13. The molecule has 0 saturated heterocycles. The predicted molar refractivity (Wildman–Crippen MR) is 62.3 cm³/mol. The molecule has 106 valence electrons. The fraction of sp³-hybridized carbons (Fsp3) is 0.500. The highest BCUT2D eigenvalue weighted by Gasteiger charge is 2.30. The van der Waals surface area contributed by atoms with Gasteiger partial charge in [-0.15, -0.1) is 0 Å². The summed E-state index contributed by atoms with van der Waals surface area (Å²) in [4.78, 5) is 14.9. The molecule has 1 amide bonds. The molecule has 7 heteroatoms. The molecule has 4 nitrogen and oxygen atoms in total. The van der Waals surface area contributed by atoms with Gasteiger partial charge in [-0.2, -0.15) is 13.2 Å². The average molecular weight is 276 g/mol. The second-order valence-corrected chi connectivity index (χ2v) is 4.89. The minimum absolute atomic E-state index is 0.00699. The summed E-state index contributed by atoms with van der Waals surface area (Å²) in [6.07, 6.45) is -4.33. The summed E-state index contributed by atoms with van der Waals surface area (Å²) in [7, 11) is 0. The van der Waals surface area contributed by atoms with E-state index in [-0.39, 0.29) is 6.54 Å². The smallest absolute Gasteiger partial charge is 0.417 e. The van der Waals surface area contributed by atoms with E-state index in [1.165, 1.54) is 6.07 Å². The first-order valence-corrected chi connectivity index (χ1v) is 5.57. The maximum atomic E-state index is 12.3. The zero-order chi connectivity index (χ0) is 14.7. The number of ether oxygens (including phenoxy) is 1. The SMILES string of the molecule is CC(C)(C)OC(=O)NCc1ccc(C(F)(F)F)cn1. The number of hydrogen-bond donors (Lipinski definition) is 1. The van der Waals surface area contributed by atoms with Gasteiger partial charge in [0.15, 0.2) is 0 Å². The van der Waals surface area contributed by atoms with Crippen LogP contribution < -0.4 is 5.32 Å². The van der Waals surface area contributed by atoms with Gasteiger partial charge in [-0.05, 0) is 32.9 Å². The second-order valence-electron chi connectivity index (χ2n) is 4.89. The summed E-state index contributed by atoms with van der Waals surface area (Å²) in [5.74, 6) is 0. The van der Waals surface area contributed by atoms with Gasteiger partial charge in [0, 0.05) is 6.20 Å². The Bertz CT molecular complexity index is 436. The second kappa shape index (κ2) is 5.46. The van der Waals surface area contributed by atoms with Crippen LogP contribution >= 0.6 is 0 Å². The monoisotopic (exact) mass is 276 g/mol. The number of carbonyl (C=O) groups excluding carboxylic acids is 1. The van der Waals surface area contributed by atoms with Crippen molar-refractivity contribution in [3.8, 4) is 0 Å². The lowest BCUT2D eigenvalue weighted by molar-refractivity contribution is -0.137. The molecule has 1 aromatic rings. The molecule has 0 spiro atoms. The zero-order valence-corrected chi connectivity index (χ0v) is 10.8. The van der Waals surface area contributed by atoms with Gasteiger partial charge in [0.05, 0.1) is 17.8 Å². The van der Waals surface area contributed by atoms with E-state index < -0.39 is 23.4 Å². The van der Waals surface area contributed by atoms with E-state index in [9.17, 15) is 18.0 Å². The van der Waals surface area contributed by atoms with E-state index in [1.807, 2.05) is 0 Å². The number of pyridine rings is 1. The molecule has 0 saturated carbocycles. The van der Waals surface area contributed by atoms with Gasteiger partial charge in [-0.25, -0.2) is 4.79 Å². The first-order chi connectivity index (χ1) is 8.58. The summed E-state index contributed by atoms with van der Waals surface area (Å²) in [6.45, 7) is 5.14. The number of halogens is 3. The lowest BCUT2D eigenvalue weighted by Gasteiger charge is -2.19. The molecule has 0 atom stereocenters. The number of alkyl halides is 3. The van der Waals surface area contributed by atoms with Gasteiger partial charge in [-0.3, -0.25) is 4.98 Å². The van der Waals surface area contributed by atoms with E-state index in [0.29, 0.717) is 5.69 Å². The summed E-state index contributed by atoms with van der Waals surface area (Å²) < 4.78 is 41.8. The lowest BCUT2D eigenvalue weighted by Crippen LogP contribution is -2.32. The molecule has 0 radical (unpaired) electrons. The van der Waals surface area contributed by atoms with Crippen molar-refractivity contribution in [1.29, 1.82) is 0 Å². The third kappa shape index (κ3) is 5.58. The minimum atomic E-state index is -4.41. The standard InChI is InChI=1S/C12H15F3N2O2/c1-11(2,3)19-10(18)17-7-9-5-4-8(6-16-9)12(13,14)15/h4-6H,7H2,1-3H3,(H,17,18). The van der Waals surface area contributed by atoms with Gasteiger partial charge in [0.2, 0.25) is 0 Å². The largest absolute Gasteiger partial charge is 0.444 e. The Morgan fingerprint density at radius 1 is 1.32 bits per heavy atom. The molecule has 0 unspecified atom stereocenters. The van der Waals surface area contributed by atoms with Crippen molar-refractivity contribution in [1.82, 2.24) is 10.3 Å². The minimum Gasteiger partial charge on any atom is -0.444 e. The molecular formula is C12H15F3N2O2. The van der Waals surface area contributed by atoms with Crippen LogP contribution in [-0.2, 0) is 17.5 Å². The molecule has 1 rings (SSSR count). The van der Waals surface area contributed by atoms with Crippen LogP contribution in [0.2, 0.25) is 0 Å². The highest BCUT2D eigenvalue weighted by Crippen LogP contribution is 2.28. The first kappa shape index (κ1) is 15.3. The highest BCUT2D eigenvalue weighted by atomic mass is 19.4. The Labute approximate surface area is 109 Å². The number of alkyl carbamates (subject to hydrolysis) is 1. The van der Waals surface area contributed by atoms with Gasteiger partial charge in [-0.1, -0.05) is 0 Å². The average Bonchev–Trinajstić information content (AvgIpc) is 2.23. The molecule has 0 aromatic carbocycles. The number of amides is 1. The fourth-order valence-corrected chi connectivity index (χ4v) is 1.17. The number of aromatic nitrogens is 1. The first-order valence-electron chi connectivity index (χ1n) is 5.57. The van der Waals surface area contributed by atoms with Crippen molar-refractivity contribution in [2.45, 2.75) is 39.1 Å². The number of nitrogens with zero attached hydrogens (tertiary/aromatic N) is 1. The molecule has 1 N–H and O–H groups in total. The van der Waals surface area contributed by atoms with E-state index in [1.54, 1.807) is 20.8 Å². The normalized spacial score (nSPS) is 12.1. The Kier molecular flexibility index (Phi) is 4.39. The molecule has 1 heterocycles. The van der Waals surface area contributed by atoms with Crippen LogP contribution in [-0.4, -0.2) is 16.7 Å². The lowest BCUT2D eigenvalue weighted by atomic mass is 10.2. The van der Waals surface area contributed by atoms with Crippen molar-refractivity contribution in [3.63, 3.8) is 0 Å². The molecule has 0 fully saturated rings. The predicted octanol–water partition coefficient (Wildman–Crippen LogP) is 3.13. The van der Waals surface area contributed by atoms with E-state index >= 15 is 0 Å². The number of rotatable bonds is 2. The third-order valence-electron chi connectivity index (χ3n) is 1.96. The van der Waals surface area contributed by atoms with Crippen molar-refractivity contribution in [2.24, 2.45) is 0 Å². The Hall–Kier alpha value is -1.79. The number of hydrogen-bond acceptors (Lipinski definition) is 3. The molecule has 0 aliphatic heterocycles. The van der Waals surface area contributed by atoms with Crippen molar-refractivity contribution in [3.05, 3.63) is 29.6 Å². The van der Waals surface area contributed by atoms with Crippen molar-refractivity contribution >= 4 is 6.09 Å². The van der Waals surface area contributed by atoms with Crippen LogP contribution in [0.4, 0.5) is 18.0 Å². The van der Waals surface area contributed by atoms with Gasteiger partial charge < -0.3 is 10.1 Å². The highest BCUT2D eigenvalue weighted by molar-refractivity contribution is 5.67. The van der Waals surface area contributed by atoms with E-state index in [4.69, 9.17) is 4.74 Å². The summed E-state index contributed by atoms with van der Waals surface area (Å²) >= 11 is 0. The van der Waals surface area contributed by atoms with Gasteiger partial charge in [0.1, 0.15) is 5.60 Å². The van der Waals surface area contributed by atoms with Crippen LogP contribution in [0.1, 0.15) is 32.0 Å². The maximum absolute atomic E-state index is 12.3. The third-order valence-corrected chi connectivity index (χ3v) is 1.96. The molecule has 1 aromatic heterocycles.